The molecule has 30 heavy (non-hydrogen) atoms. The SMILES string of the molecule is CCOC(Cc1ccc(OCc2csc(-c3ccc(F)c(Cl)c3)n2)cc1C)C(=O)O. The van der Waals surface area contributed by atoms with Gasteiger partial charge in [0.15, 0.2) is 6.10 Å². The fourth-order valence-corrected chi connectivity index (χ4v) is 3.88. The van der Waals surface area contributed by atoms with Crippen molar-refractivity contribution in [3.8, 4) is 16.3 Å². The Hall–Kier alpha value is -2.48. The van der Waals surface area contributed by atoms with Gasteiger partial charge in [0.1, 0.15) is 23.2 Å². The van der Waals surface area contributed by atoms with E-state index in [9.17, 15) is 14.3 Å². The fourth-order valence-electron chi connectivity index (χ4n) is 2.90. The highest BCUT2D eigenvalue weighted by Crippen LogP contribution is 2.28. The molecule has 5 nitrogen and oxygen atoms in total. The quantitative estimate of drug-likeness (QED) is 0.465. The van der Waals surface area contributed by atoms with Gasteiger partial charge in [-0.3, -0.25) is 0 Å². The Morgan fingerprint density at radius 1 is 1.30 bits per heavy atom. The molecule has 8 heteroatoms. The number of hydrogen-bond acceptors (Lipinski definition) is 5. The van der Waals surface area contributed by atoms with Gasteiger partial charge in [-0.1, -0.05) is 17.7 Å². The summed E-state index contributed by atoms with van der Waals surface area (Å²) in [5, 5.41) is 11.9. The molecule has 1 aromatic heterocycles. The smallest absolute Gasteiger partial charge is 0.333 e. The summed E-state index contributed by atoms with van der Waals surface area (Å²) in [6, 6.07) is 10.0. The molecule has 0 amide bonds. The Kier molecular flexibility index (Phi) is 7.42. The Bertz CT molecular complexity index is 1040. The maximum absolute atomic E-state index is 13.3. The first-order chi connectivity index (χ1) is 14.4. The van der Waals surface area contributed by atoms with Crippen molar-refractivity contribution >= 4 is 28.9 Å². The lowest BCUT2D eigenvalue weighted by molar-refractivity contribution is -0.149. The van der Waals surface area contributed by atoms with Crippen molar-refractivity contribution < 1.29 is 23.8 Å². The molecule has 0 saturated carbocycles. The van der Waals surface area contributed by atoms with Crippen molar-refractivity contribution in [1.82, 2.24) is 4.98 Å². The van der Waals surface area contributed by atoms with Gasteiger partial charge in [0.2, 0.25) is 0 Å². The summed E-state index contributed by atoms with van der Waals surface area (Å²) in [7, 11) is 0. The van der Waals surface area contributed by atoms with Gasteiger partial charge >= 0.3 is 5.97 Å². The molecule has 0 aliphatic rings. The van der Waals surface area contributed by atoms with Gasteiger partial charge in [0.25, 0.3) is 0 Å². The summed E-state index contributed by atoms with van der Waals surface area (Å²) in [5.74, 6) is -0.771. The van der Waals surface area contributed by atoms with Crippen LogP contribution in [-0.4, -0.2) is 28.8 Å². The van der Waals surface area contributed by atoms with Gasteiger partial charge in [-0.25, -0.2) is 14.2 Å². The number of ether oxygens (including phenoxy) is 2. The van der Waals surface area contributed by atoms with E-state index >= 15 is 0 Å². The number of halogens is 2. The maximum Gasteiger partial charge on any atom is 0.333 e. The van der Waals surface area contributed by atoms with Crippen LogP contribution in [0.3, 0.4) is 0 Å². The Balaban J connectivity index is 1.64. The minimum Gasteiger partial charge on any atom is -0.487 e. The van der Waals surface area contributed by atoms with Gasteiger partial charge in [0.05, 0.1) is 10.7 Å². The van der Waals surface area contributed by atoms with Crippen LogP contribution in [0.5, 0.6) is 5.75 Å². The lowest BCUT2D eigenvalue weighted by Crippen LogP contribution is -2.26. The molecular formula is C22H21ClFNO4S. The van der Waals surface area contributed by atoms with E-state index in [0.717, 1.165) is 27.4 Å². The molecule has 1 N–H and O–H groups in total. The summed E-state index contributed by atoms with van der Waals surface area (Å²) in [6.45, 7) is 4.30. The van der Waals surface area contributed by atoms with E-state index in [2.05, 4.69) is 4.98 Å². The van der Waals surface area contributed by atoms with E-state index in [-0.39, 0.29) is 11.6 Å². The van der Waals surface area contributed by atoms with Crippen LogP contribution in [0.4, 0.5) is 4.39 Å². The third-order valence-corrected chi connectivity index (χ3v) is 5.70. The van der Waals surface area contributed by atoms with Crippen LogP contribution in [0.1, 0.15) is 23.7 Å². The molecular weight excluding hydrogens is 429 g/mol. The van der Waals surface area contributed by atoms with Crippen LogP contribution in [0.15, 0.2) is 41.8 Å². The van der Waals surface area contributed by atoms with Crippen molar-refractivity contribution in [1.29, 1.82) is 0 Å². The fraction of sp³-hybridized carbons (Fsp3) is 0.273. The number of nitrogens with zero attached hydrogens (tertiary/aromatic N) is 1. The number of aliphatic carboxylic acids is 1. The second-order valence-electron chi connectivity index (χ2n) is 6.64. The average Bonchev–Trinajstić information content (AvgIpc) is 3.18. The van der Waals surface area contributed by atoms with Crippen LogP contribution in [0.25, 0.3) is 10.6 Å². The Morgan fingerprint density at radius 3 is 2.77 bits per heavy atom. The zero-order chi connectivity index (χ0) is 21.7. The number of hydrogen-bond donors (Lipinski definition) is 1. The number of benzene rings is 2. The molecule has 0 spiro atoms. The number of carboxylic acid groups (broad SMARTS) is 1. The van der Waals surface area contributed by atoms with Gasteiger partial charge in [-0.05, 0) is 55.3 Å². The molecule has 0 bridgehead atoms. The van der Waals surface area contributed by atoms with Crippen LogP contribution in [-0.2, 0) is 22.6 Å². The molecule has 3 rings (SSSR count). The molecule has 0 aliphatic carbocycles. The average molecular weight is 450 g/mol. The van der Waals surface area contributed by atoms with Crippen LogP contribution < -0.4 is 4.74 Å². The van der Waals surface area contributed by atoms with E-state index in [1.54, 1.807) is 25.1 Å². The highest BCUT2D eigenvalue weighted by molar-refractivity contribution is 7.13. The number of aryl methyl sites for hydroxylation is 1. The van der Waals surface area contributed by atoms with Gasteiger partial charge in [-0.2, -0.15) is 0 Å². The second kappa shape index (κ2) is 10.0. The number of carboxylic acids is 1. The molecule has 1 unspecified atom stereocenters. The number of thiazole rings is 1. The van der Waals surface area contributed by atoms with Crippen molar-refractivity contribution in [2.24, 2.45) is 0 Å². The monoisotopic (exact) mass is 449 g/mol. The van der Waals surface area contributed by atoms with Gasteiger partial charge in [0, 0.05) is 24.0 Å². The predicted octanol–water partition coefficient (Wildman–Crippen LogP) is 5.52. The van der Waals surface area contributed by atoms with Gasteiger partial charge in [-0.15, -0.1) is 11.3 Å². The zero-order valence-corrected chi connectivity index (χ0v) is 18.1. The lowest BCUT2D eigenvalue weighted by Gasteiger charge is -2.15. The standard InChI is InChI=1S/C22H21ClFNO4S/c1-3-28-20(22(26)27)10-14-4-6-17(8-13(14)2)29-11-16-12-30-21(25-16)15-5-7-19(24)18(23)9-15/h4-9,12,20H,3,10-11H2,1-2H3,(H,26,27). The molecule has 0 fully saturated rings. The number of aromatic nitrogens is 1. The largest absolute Gasteiger partial charge is 0.487 e. The molecule has 0 aliphatic heterocycles. The Morgan fingerprint density at radius 2 is 2.10 bits per heavy atom. The topological polar surface area (TPSA) is 68.7 Å². The molecule has 1 heterocycles. The van der Waals surface area contributed by atoms with Crippen LogP contribution >= 0.6 is 22.9 Å². The predicted molar refractivity (Wildman–Crippen MR) is 115 cm³/mol. The lowest BCUT2D eigenvalue weighted by atomic mass is 10.0. The minimum atomic E-state index is -0.974. The summed E-state index contributed by atoms with van der Waals surface area (Å²) >= 11 is 7.27. The summed E-state index contributed by atoms with van der Waals surface area (Å²) < 4.78 is 24.4. The minimum absolute atomic E-state index is 0.0607. The van der Waals surface area contributed by atoms with Crippen LogP contribution in [0, 0.1) is 12.7 Å². The number of rotatable bonds is 9. The van der Waals surface area contributed by atoms with Gasteiger partial charge < -0.3 is 14.6 Å². The van der Waals surface area contributed by atoms with E-state index in [1.165, 1.54) is 17.4 Å². The van der Waals surface area contributed by atoms with Crippen molar-refractivity contribution in [3.05, 3.63) is 69.4 Å². The first kappa shape index (κ1) is 22.2. The molecule has 3 aromatic rings. The molecule has 0 radical (unpaired) electrons. The van der Waals surface area contributed by atoms with E-state index < -0.39 is 17.9 Å². The summed E-state index contributed by atoms with van der Waals surface area (Å²) in [5.41, 5.74) is 3.32. The number of carbonyl (C=O) groups is 1. The van der Waals surface area contributed by atoms with Crippen molar-refractivity contribution in [3.63, 3.8) is 0 Å². The summed E-state index contributed by atoms with van der Waals surface area (Å²) in [4.78, 5) is 15.8. The third-order valence-electron chi connectivity index (χ3n) is 4.47. The first-order valence-corrected chi connectivity index (χ1v) is 10.6. The maximum atomic E-state index is 13.3. The van der Waals surface area contributed by atoms with E-state index in [4.69, 9.17) is 21.1 Å². The molecule has 1 atom stereocenters. The molecule has 2 aromatic carbocycles. The van der Waals surface area contributed by atoms with E-state index in [1.807, 2.05) is 24.4 Å². The molecule has 0 saturated heterocycles. The van der Waals surface area contributed by atoms with Crippen molar-refractivity contribution in [2.45, 2.75) is 33.0 Å². The normalized spacial score (nSPS) is 12.0. The van der Waals surface area contributed by atoms with E-state index in [0.29, 0.717) is 18.8 Å². The zero-order valence-electron chi connectivity index (χ0n) is 16.5. The second-order valence-corrected chi connectivity index (χ2v) is 7.90. The third kappa shape index (κ3) is 5.56. The highest BCUT2D eigenvalue weighted by atomic mass is 35.5. The molecule has 158 valence electrons. The Labute approximate surface area is 183 Å². The first-order valence-electron chi connectivity index (χ1n) is 9.34. The van der Waals surface area contributed by atoms with Crippen molar-refractivity contribution in [2.75, 3.05) is 6.61 Å². The summed E-state index contributed by atoms with van der Waals surface area (Å²) in [6.07, 6.45) is -0.570. The van der Waals surface area contributed by atoms with Crippen LogP contribution in [0.2, 0.25) is 5.02 Å². The highest BCUT2D eigenvalue weighted by Gasteiger charge is 2.19.